The third-order valence-electron chi connectivity index (χ3n) is 3.00. The summed E-state index contributed by atoms with van der Waals surface area (Å²) in [7, 11) is 4.85. The van der Waals surface area contributed by atoms with Gasteiger partial charge >= 0.3 is 0 Å². The lowest BCUT2D eigenvalue weighted by molar-refractivity contribution is 0.298. The van der Waals surface area contributed by atoms with Crippen molar-refractivity contribution >= 4 is 0 Å². The van der Waals surface area contributed by atoms with Crippen LogP contribution >= 0.6 is 0 Å². The molecule has 0 aliphatic heterocycles. The van der Waals surface area contributed by atoms with Gasteiger partial charge in [0.25, 0.3) is 0 Å². The molecule has 4 nitrogen and oxygen atoms in total. The Hall–Kier alpha value is -1.42. The predicted molar refractivity (Wildman–Crippen MR) is 72.5 cm³/mol. The van der Waals surface area contributed by atoms with E-state index < -0.39 is 0 Å². The predicted octanol–water partition coefficient (Wildman–Crippen LogP) is 2.76. The number of benzene rings is 1. The second-order valence-corrected chi connectivity index (χ2v) is 5.29. The van der Waals surface area contributed by atoms with Crippen LogP contribution in [-0.2, 0) is 0 Å². The van der Waals surface area contributed by atoms with Crippen LogP contribution in [0.1, 0.15) is 32.4 Å². The Bertz CT molecular complexity index is 385. The Morgan fingerprint density at radius 1 is 0.944 bits per heavy atom. The van der Waals surface area contributed by atoms with Gasteiger partial charge in [0.05, 0.1) is 26.9 Å². The summed E-state index contributed by atoms with van der Waals surface area (Å²) in [5.74, 6) is 2.07. The number of nitrogens with two attached hydrogens (primary N) is 1. The van der Waals surface area contributed by atoms with Crippen LogP contribution < -0.4 is 19.9 Å². The number of hydrogen-bond donors (Lipinski definition) is 1. The van der Waals surface area contributed by atoms with Crippen molar-refractivity contribution in [2.75, 3.05) is 21.3 Å². The zero-order chi connectivity index (χ0) is 13.9. The Kier molecular flexibility index (Phi) is 4.46. The molecule has 0 bridgehead atoms. The molecule has 1 atom stereocenters. The molecule has 0 saturated carbocycles. The number of rotatable bonds is 4. The van der Waals surface area contributed by atoms with E-state index in [1.54, 1.807) is 21.3 Å². The summed E-state index contributed by atoms with van der Waals surface area (Å²) in [5.41, 5.74) is 7.10. The summed E-state index contributed by atoms with van der Waals surface area (Å²) in [5, 5.41) is 0. The molecule has 2 N–H and O–H groups in total. The fraction of sp³-hybridized carbons (Fsp3) is 0.571. The topological polar surface area (TPSA) is 53.7 Å². The van der Waals surface area contributed by atoms with Crippen molar-refractivity contribution in [3.05, 3.63) is 17.7 Å². The van der Waals surface area contributed by atoms with Gasteiger partial charge < -0.3 is 19.9 Å². The van der Waals surface area contributed by atoms with Crippen molar-refractivity contribution in [1.29, 1.82) is 0 Å². The lowest BCUT2D eigenvalue weighted by Crippen LogP contribution is -2.27. The van der Waals surface area contributed by atoms with Crippen molar-refractivity contribution in [1.82, 2.24) is 0 Å². The van der Waals surface area contributed by atoms with E-state index in [9.17, 15) is 0 Å². The molecule has 1 unspecified atom stereocenters. The van der Waals surface area contributed by atoms with Crippen LogP contribution in [0.25, 0.3) is 0 Å². The first-order valence-electron chi connectivity index (χ1n) is 5.90. The largest absolute Gasteiger partial charge is 0.496 e. The molecule has 4 heteroatoms. The van der Waals surface area contributed by atoms with E-state index in [4.69, 9.17) is 19.9 Å². The first-order valence-corrected chi connectivity index (χ1v) is 5.90. The fourth-order valence-corrected chi connectivity index (χ4v) is 1.77. The molecule has 0 aliphatic rings. The first-order chi connectivity index (χ1) is 8.35. The Morgan fingerprint density at radius 2 is 1.39 bits per heavy atom. The van der Waals surface area contributed by atoms with E-state index in [1.165, 1.54) is 0 Å². The van der Waals surface area contributed by atoms with Gasteiger partial charge in [0.2, 0.25) is 0 Å². The first kappa shape index (κ1) is 14.6. The van der Waals surface area contributed by atoms with E-state index in [2.05, 4.69) is 20.8 Å². The van der Waals surface area contributed by atoms with Crippen molar-refractivity contribution in [2.45, 2.75) is 26.8 Å². The van der Waals surface area contributed by atoms with E-state index >= 15 is 0 Å². The average Bonchev–Trinajstić information content (AvgIpc) is 2.34. The van der Waals surface area contributed by atoms with Gasteiger partial charge in [-0.3, -0.25) is 0 Å². The van der Waals surface area contributed by atoms with Gasteiger partial charge in [-0.05, 0) is 5.41 Å². The monoisotopic (exact) mass is 253 g/mol. The molecule has 0 radical (unpaired) electrons. The fourth-order valence-electron chi connectivity index (χ4n) is 1.77. The molecule has 0 aromatic heterocycles. The molecule has 102 valence electrons. The molecule has 1 aromatic carbocycles. The molecule has 18 heavy (non-hydrogen) atoms. The lowest BCUT2D eigenvalue weighted by atomic mass is 9.82. The SMILES string of the molecule is COc1cc(OC)c(C(N)C(C)(C)C)c(OC)c1. The van der Waals surface area contributed by atoms with Gasteiger partial charge in [0.15, 0.2) is 0 Å². The normalized spacial score (nSPS) is 13.1. The van der Waals surface area contributed by atoms with E-state index in [1.807, 2.05) is 12.1 Å². The van der Waals surface area contributed by atoms with Gasteiger partial charge in [-0.25, -0.2) is 0 Å². The molecule has 1 rings (SSSR count). The zero-order valence-corrected chi connectivity index (χ0v) is 12.0. The number of ether oxygens (including phenoxy) is 3. The minimum Gasteiger partial charge on any atom is -0.496 e. The maximum absolute atomic E-state index is 6.32. The Morgan fingerprint density at radius 3 is 1.67 bits per heavy atom. The summed E-state index contributed by atoms with van der Waals surface area (Å²) >= 11 is 0. The van der Waals surface area contributed by atoms with Crippen molar-refractivity contribution < 1.29 is 14.2 Å². The van der Waals surface area contributed by atoms with E-state index in [0.29, 0.717) is 17.2 Å². The van der Waals surface area contributed by atoms with Crippen molar-refractivity contribution in [3.8, 4) is 17.2 Å². The maximum atomic E-state index is 6.32. The molecule has 0 fully saturated rings. The molecule has 0 spiro atoms. The van der Waals surface area contributed by atoms with E-state index in [0.717, 1.165) is 5.56 Å². The summed E-state index contributed by atoms with van der Waals surface area (Å²) in [6.45, 7) is 6.25. The van der Waals surface area contributed by atoms with Gasteiger partial charge in [-0.2, -0.15) is 0 Å². The van der Waals surface area contributed by atoms with E-state index in [-0.39, 0.29) is 11.5 Å². The van der Waals surface area contributed by atoms with Crippen LogP contribution in [-0.4, -0.2) is 21.3 Å². The maximum Gasteiger partial charge on any atom is 0.131 e. The third-order valence-corrected chi connectivity index (χ3v) is 3.00. The quantitative estimate of drug-likeness (QED) is 0.896. The highest BCUT2D eigenvalue weighted by atomic mass is 16.5. The van der Waals surface area contributed by atoms with Crippen LogP contribution in [0.5, 0.6) is 17.2 Å². The van der Waals surface area contributed by atoms with Crippen LogP contribution in [0.4, 0.5) is 0 Å². The van der Waals surface area contributed by atoms with Gasteiger partial charge in [0, 0.05) is 18.2 Å². The molecule has 0 saturated heterocycles. The molecule has 1 aromatic rings. The zero-order valence-electron chi connectivity index (χ0n) is 12.0. The lowest BCUT2D eigenvalue weighted by Gasteiger charge is -2.30. The molecule has 0 heterocycles. The van der Waals surface area contributed by atoms with Crippen LogP contribution in [0.2, 0.25) is 0 Å². The third kappa shape index (κ3) is 2.88. The average molecular weight is 253 g/mol. The van der Waals surface area contributed by atoms with Gasteiger partial charge in [-0.1, -0.05) is 20.8 Å². The summed E-state index contributed by atoms with van der Waals surface area (Å²) in [6, 6.07) is 3.46. The highest BCUT2D eigenvalue weighted by molar-refractivity contribution is 5.52. The van der Waals surface area contributed by atoms with Crippen LogP contribution in [0, 0.1) is 5.41 Å². The number of hydrogen-bond acceptors (Lipinski definition) is 4. The smallest absolute Gasteiger partial charge is 0.131 e. The highest BCUT2D eigenvalue weighted by Crippen LogP contribution is 2.43. The Balaban J connectivity index is 3.40. The summed E-state index contributed by atoms with van der Waals surface area (Å²) in [6.07, 6.45) is 0. The Labute approximate surface area is 109 Å². The van der Waals surface area contributed by atoms with Crippen LogP contribution in [0.15, 0.2) is 12.1 Å². The molecule has 0 amide bonds. The minimum atomic E-state index is -0.187. The molecular formula is C14H23NO3. The summed E-state index contributed by atoms with van der Waals surface area (Å²) in [4.78, 5) is 0. The van der Waals surface area contributed by atoms with Gasteiger partial charge in [-0.15, -0.1) is 0 Å². The molecule has 0 aliphatic carbocycles. The summed E-state index contributed by atoms with van der Waals surface area (Å²) < 4.78 is 16.0. The van der Waals surface area contributed by atoms with Crippen LogP contribution in [0.3, 0.4) is 0 Å². The highest BCUT2D eigenvalue weighted by Gasteiger charge is 2.28. The molecular weight excluding hydrogens is 230 g/mol. The van der Waals surface area contributed by atoms with Crippen molar-refractivity contribution in [2.24, 2.45) is 11.1 Å². The second-order valence-electron chi connectivity index (χ2n) is 5.29. The van der Waals surface area contributed by atoms with Crippen molar-refractivity contribution in [3.63, 3.8) is 0 Å². The standard InChI is InChI=1S/C14H23NO3/c1-14(2,3)13(15)12-10(17-5)7-9(16-4)8-11(12)18-6/h7-8,13H,15H2,1-6H3. The second kappa shape index (κ2) is 5.48. The minimum absolute atomic E-state index is 0.0881. The number of methoxy groups -OCH3 is 3. The van der Waals surface area contributed by atoms with Gasteiger partial charge in [0.1, 0.15) is 17.2 Å².